The highest BCUT2D eigenvalue weighted by molar-refractivity contribution is 5.82. The molecule has 1 amide bonds. The number of esters is 1. The summed E-state index contributed by atoms with van der Waals surface area (Å²) in [5.41, 5.74) is -3.59. The van der Waals surface area contributed by atoms with Crippen LogP contribution in [0.2, 0.25) is 0 Å². The first-order valence-corrected chi connectivity index (χ1v) is 10.2. The number of carboxylic acids is 2. The van der Waals surface area contributed by atoms with Crippen molar-refractivity contribution in [2.45, 2.75) is 73.1 Å². The van der Waals surface area contributed by atoms with E-state index in [1.54, 1.807) is 20.8 Å². The fourth-order valence-corrected chi connectivity index (χ4v) is 3.75. The summed E-state index contributed by atoms with van der Waals surface area (Å²) in [5.74, 6) is -4.81. The number of amides is 1. The molecule has 1 heterocycles. The van der Waals surface area contributed by atoms with Crippen LogP contribution in [0, 0.1) is 22.7 Å². The zero-order valence-electron chi connectivity index (χ0n) is 19.5. The average Bonchev–Trinajstić information content (AvgIpc) is 2.62. The molecule has 0 unspecified atom stereocenters. The lowest BCUT2D eigenvalue weighted by Gasteiger charge is -2.44. The number of rotatable bonds is 5. The molecule has 0 radical (unpaired) electrons. The van der Waals surface area contributed by atoms with Crippen LogP contribution in [0.3, 0.4) is 0 Å². The average molecular weight is 446 g/mol. The molecule has 0 spiro atoms. The van der Waals surface area contributed by atoms with Crippen molar-refractivity contribution in [1.29, 1.82) is 0 Å². The molecular weight excluding hydrogens is 410 g/mol. The monoisotopic (exact) mass is 445 g/mol. The number of cyclic esters (lactones) is 1. The quantitative estimate of drug-likeness (QED) is 0.542. The number of carboxylic acid groups (broad SMARTS) is 2. The van der Waals surface area contributed by atoms with E-state index in [4.69, 9.17) is 14.2 Å². The zero-order valence-corrected chi connectivity index (χ0v) is 19.5. The summed E-state index contributed by atoms with van der Waals surface area (Å²) in [4.78, 5) is 48.8. The first-order valence-electron chi connectivity index (χ1n) is 10.2. The minimum absolute atomic E-state index is 0.145. The number of alkyl carbamates (subject to hydrolysis) is 1. The fraction of sp³-hybridized carbons (Fsp3) is 0.810. The Morgan fingerprint density at radius 2 is 1.48 bits per heavy atom. The van der Waals surface area contributed by atoms with Gasteiger partial charge in [-0.3, -0.25) is 9.59 Å². The first-order chi connectivity index (χ1) is 13.9. The molecule has 31 heavy (non-hydrogen) atoms. The van der Waals surface area contributed by atoms with Crippen LogP contribution in [-0.4, -0.2) is 65.2 Å². The normalized spacial score (nSPS) is 26.0. The molecule has 1 saturated heterocycles. The molecule has 4 atom stereocenters. The van der Waals surface area contributed by atoms with Gasteiger partial charge in [0.15, 0.2) is 6.04 Å². The SMILES string of the molecule is C[C@@H]1OC(=O)[C@@H](NC(=O)OC(C)(C)C)COC[C@H](C(C)(C)C(=O)O)[C@H]1C(C)(C)C(=O)O. The molecule has 1 aliphatic rings. The van der Waals surface area contributed by atoms with Crippen molar-refractivity contribution in [3.63, 3.8) is 0 Å². The molecule has 0 aliphatic carbocycles. The van der Waals surface area contributed by atoms with Gasteiger partial charge in [-0.05, 0) is 55.4 Å². The Morgan fingerprint density at radius 3 is 1.94 bits per heavy atom. The van der Waals surface area contributed by atoms with Gasteiger partial charge in [-0.25, -0.2) is 9.59 Å². The van der Waals surface area contributed by atoms with Gasteiger partial charge in [-0.2, -0.15) is 0 Å². The largest absolute Gasteiger partial charge is 0.481 e. The van der Waals surface area contributed by atoms with Crippen LogP contribution in [0.15, 0.2) is 0 Å². The van der Waals surface area contributed by atoms with Crippen LogP contribution in [-0.2, 0) is 28.6 Å². The van der Waals surface area contributed by atoms with Crippen molar-refractivity contribution in [3.8, 4) is 0 Å². The summed E-state index contributed by atoms with van der Waals surface area (Å²) in [6.07, 6.45) is -1.80. The molecule has 0 aromatic heterocycles. The van der Waals surface area contributed by atoms with Gasteiger partial charge in [0.2, 0.25) is 0 Å². The van der Waals surface area contributed by atoms with Crippen molar-refractivity contribution in [2.24, 2.45) is 22.7 Å². The maximum absolute atomic E-state index is 12.7. The van der Waals surface area contributed by atoms with Crippen LogP contribution in [0.25, 0.3) is 0 Å². The Hall–Kier alpha value is -2.36. The highest BCUT2D eigenvalue weighted by Gasteiger charge is 2.53. The Bertz CT molecular complexity index is 708. The maximum Gasteiger partial charge on any atom is 0.408 e. The van der Waals surface area contributed by atoms with Gasteiger partial charge >= 0.3 is 24.0 Å². The standard InChI is InChI=1S/C21H35NO9/c1-11-14(21(7,8)17(26)27)12(20(5,6)16(24)25)9-29-10-13(15(23)30-11)22-18(28)31-19(2,3)4/h11-14H,9-10H2,1-8H3,(H,22,28)(H,24,25)(H,26,27)/t11-,12-,13-,14-/m0/s1. The second kappa shape index (κ2) is 9.42. The van der Waals surface area contributed by atoms with E-state index in [1.807, 2.05) is 0 Å². The van der Waals surface area contributed by atoms with Gasteiger partial charge in [0, 0.05) is 11.8 Å². The molecule has 10 heteroatoms. The highest BCUT2D eigenvalue weighted by atomic mass is 16.6. The summed E-state index contributed by atoms with van der Waals surface area (Å²) < 4.78 is 16.3. The van der Waals surface area contributed by atoms with E-state index in [0.717, 1.165) is 0 Å². The third kappa shape index (κ3) is 6.56. The molecule has 0 saturated carbocycles. The van der Waals surface area contributed by atoms with Crippen molar-refractivity contribution in [1.82, 2.24) is 5.32 Å². The molecule has 3 N–H and O–H groups in total. The molecule has 1 rings (SSSR count). The maximum atomic E-state index is 12.7. The van der Waals surface area contributed by atoms with Crippen LogP contribution in [0.5, 0.6) is 0 Å². The van der Waals surface area contributed by atoms with Crippen molar-refractivity contribution >= 4 is 24.0 Å². The summed E-state index contributed by atoms with van der Waals surface area (Å²) in [6.45, 7) is 12.0. The second-order valence-electron chi connectivity index (χ2n) is 10.1. The van der Waals surface area contributed by atoms with E-state index >= 15 is 0 Å². The Kier molecular flexibility index (Phi) is 8.10. The van der Waals surface area contributed by atoms with Crippen molar-refractivity contribution in [2.75, 3.05) is 13.2 Å². The zero-order chi connectivity index (χ0) is 24.4. The summed E-state index contributed by atoms with van der Waals surface area (Å²) >= 11 is 0. The molecule has 1 fully saturated rings. The van der Waals surface area contributed by atoms with Crippen LogP contribution >= 0.6 is 0 Å². The predicted molar refractivity (Wildman–Crippen MR) is 109 cm³/mol. The van der Waals surface area contributed by atoms with E-state index in [0.29, 0.717) is 0 Å². The topological polar surface area (TPSA) is 148 Å². The summed E-state index contributed by atoms with van der Waals surface area (Å²) in [7, 11) is 0. The first kappa shape index (κ1) is 26.7. The molecule has 0 aromatic rings. The highest BCUT2D eigenvalue weighted by Crippen LogP contribution is 2.45. The van der Waals surface area contributed by atoms with Crippen LogP contribution < -0.4 is 5.32 Å². The van der Waals surface area contributed by atoms with Crippen LogP contribution in [0.1, 0.15) is 55.4 Å². The molecule has 1 aliphatic heterocycles. The number of ether oxygens (including phenoxy) is 3. The molecular formula is C21H35NO9. The number of hydrogen-bond donors (Lipinski definition) is 3. The van der Waals surface area contributed by atoms with E-state index in [1.165, 1.54) is 34.6 Å². The lowest BCUT2D eigenvalue weighted by Crippen LogP contribution is -2.52. The predicted octanol–water partition coefficient (Wildman–Crippen LogP) is 2.30. The van der Waals surface area contributed by atoms with Crippen molar-refractivity contribution in [3.05, 3.63) is 0 Å². The Balaban J connectivity index is 3.30. The van der Waals surface area contributed by atoms with E-state index in [9.17, 15) is 29.4 Å². The second-order valence-corrected chi connectivity index (χ2v) is 10.1. The minimum Gasteiger partial charge on any atom is -0.481 e. The van der Waals surface area contributed by atoms with Gasteiger partial charge in [-0.1, -0.05) is 0 Å². The van der Waals surface area contributed by atoms with Gasteiger partial charge in [-0.15, -0.1) is 0 Å². The van der Waals surface area contributed by atoms with Gasteiger partial charge < -0.3 is 29.7 Å². The lowest BCUT2D eigenvalue weighted by molar-refractivity contribution is -0.173. The van der Waals surface area contributed by atoms with Crippen molar-refractivity contribution < 1.29 is 43.6 Å². The van der Waals surface area contributed by atoms with E-state index < -0.39 is 64.4 Å². The van der Waals surface area contributed by atoms with Crippen LogP contribution in [0.4, 0.5) is 4.79 Å². The number of nitrogens with one attached hydrogen (secondary N) is 1. The lowest BCUT2D eigenvalue weighted by atomic mass is 9.61. The summed E-state index contributed by atoms with van der Waals surface area (Å²) in [5, 5.41) is 22.0. The number of aliphatic carboxylic acids is 2. The fourth-order valence-electron chi connectivity index (χ4n) is 3.75. The van der Waals surface area contributed by atoms with E-state index in [-0.39, 0.29) is 13.2 Å². The van der Waals surface area contributed by atoms with E-state index in [2.05, 4.69) is 5.32 Å². The third-order valence-electron chi connectivity index (χ3n) is 5.66. The summed E-state index contributed by atoms with van der Waals surface area (Å²) in [6, 6.07) is -1.20. The third-order valence-corrected chi connectivity index (χ3v) is 5.66. The molecule has 0 bridgehead atoms. The van der Waals surface area contributed by atoms with Gasteiger partial charge in [0.25, 0.3) is 0 Å². The number of carbonyl (C=O) groups excluding carboxylic acids is 2. The van der Waals surface area contributed by atoms with Gasteiger partial charge in [0.1, 0.15) is 11.7 Å². The molecule has 10 nitrogen and oxygen atoms in total. The molecule has 178 valence electrons. The Labute approximate surface area is 182 Å². The molecule has 0 aromatic carbocycles. The number of hydrogen-bond acceptors (Lipinski definition) is 7. The minimum atomic E-state index is -1.43. The van der Waals surface area contributed by atoms with Gasteiger partial charge in [0.05, 0.1) is 24.0 Å². The number of carbonyl (C=O) groups is 4. The smallest absolute Gasteiger partial charge is 0.408 e. The Morgan fingerprint density at radius 1 is 0.968 bits per heavy atom.